The minimum atomic E-state index is 0.715. The van der Waals surface area contributed by atoms with E-state index < -0.39 is 0 Å². The summed E-state index contributed by atoms with van der Waals surface area (Å²) in [5.74, 6) is 0.715. The van der Waals surface area contributed by atoms with E-state index in [2.05, 4.69) is 20.3 Å². The lowest BCUT2D eigenvalue weighted by atomic mass is 10.1. The van der Waals surface area contributed by atoms with E-state index in [4.69, 9.17) is 0 Å². The lowest BCUT2D eigenvalue weighted by Gasteiger charge is -2.07. The highest BCUT2D eigenvalue weighted by atomic mass is 32.1. The lowest BCUT2D eigenvalue weighted by Crippen LogP contribution is -2.04. The third-order valence-electron chi connectivity index (χ3n) is 2.92. The summed E-state index contributed by atoms with van der Waals surface area (Å²) in [6.07, 6.45) is 5.18. The number of anilines is 1. The van der Waals surface area contributed by atoms with E-state index in [0.29, 0.717) is 5.95 Å². The monoisotopic (exact) mass is 246 g/mol. The quantitative estimate of drug-likeness (QED) is 0.884. The summed E-state index contributed by atoms with van der Waals surface area (Å²) < 4.78 is 0. The summed E-state index contributed by atoms with van der Waals surface area (Å²) in [6.45, 7) is 2.89. The van der Waals surface area contributed by atoms with E-state index in [-0.39, 0.29) is 0 Å². The van der Waals surface area contributed by atoms with E-state index in [0.717, 1.165) is 31.5 Å². The molecule has 4 nitrogen and oxygen atoms in total. The third kappa shape index (κ3) is 1.91. The average Bonchev–Trinajstić information content (AvgIpc) is 2.73. The van der Waals surface area contributed by atoms with E-state index in [9.17, 15) is 0 Å². The van der Waals surface area contributed by atoms with Gasteiger partial charge in [-0.25, -0.2) is 15.0 Å². The van der Waals surface area contributed by atoms with Crippen LogP contribution in [-0.4, -0.2) is 21.5 Å². The van der Waals surface area contributed by atoms with Gasteiger partial charge in [-0.3, -0.25) is 0 Å². The number of thiazole rings is 1. The van der Waals surface area contributed by atoms with E-state index in [1.165, 1.54) is 16.1 Å². The Balaban J connectivity index is 2.12. The first-order valence-corrected chi connectivity index (χ1v) is 6.79. The molecular formula is C12H14N4S. The van der Waals surface area contributed by atoms with E-state index >= 15 is 0 Å². The normalized spacial score (nSPS) is 13.7. The zero-order valence-corrected chi connectivity index (χ0v) is 10.5. The van der Waals surface area contributed by atoms with Gasteiger partial charge in [-0.05, 0) is 31.7 Å². The Hall–Kier alpha value is -1.49. The number of hydrogen-bond donors (Lipinski definition) is 1. The minimum Gasteiger partial charge on any atom is -0.354 e. The molecule has 0 saturated carbocycles. The van der Waals surface area contributed by atoms with Crippen LogP contribution in [0.3, 0.4) is 0 Å². The summed E-state index contributed by atoms with van der Waals surface area (Å²) in [4.78, 5) is 14.6. The maximum absolute atomic E-state index is 4.62. The van der Waals surface area contributed by atoms with Crippen molar-refractivity contribution in [1.82, 2.24) is 15.0 Å². The van der Waals surface area contributed by atoms with Crippen LogP contribution in [0, 0.1) is 0 Å². The van der Waals surface area contributed by atoms with Crippen LogP contribution in [-0.2, 0) is 12.8 Å². The standard InChI is InChI=1S/C12H14N4S/c1-2-13-12-14-6-8-4-3-5-9-11(10(8)16-12)17-7-15-9/h6-7H,2-5H2,1H3,(H,13,14,16). The van der Waals surface area contributed by atoms with Crippen LogP contribution in [0.4, 0.5) is 5.95 Å². The molecule has 0 unspecified atom stereocenters. The summed E-state index contributed by atoms with van der Waals surface area (Å²) in [5.41, 5.74) is 5.42. The summed E-state index contributed by atoms with van der Waals surface area (Å²) in [6, 6.07) is 0. The maximum Gasteiger partial charge on any atom is 0.223 e. The van der Waals surface area contributed by atoms with Gasteiger partial charge in [0.05, 0.1) is 21.8 Å². The predicted molar refractivity (Wildman–Crippen MR) is 69.3 cm³/mol. The van der Waals surface area contributed by atoms with Gasteiger partial charge in [-0.1, -0.05) is 0 Å². The number of hydrogen-bond acceptors (Lipinski definition) is 5. The maximum atomic E-state index is 4.62. The van der Waals surface area contributed by atoms with Crippen LogP contribution >= 0.6 is 11.3 Å². The van der Waals surface area contributed by atoms with Gasteiger partial charge in [0.2, 0.25) is 5.95 Å². The van der Waals surface area contributed by atoms with Crippen molar-refractivity contribution in [2.24, 2.45) is 0 Å². The van der Waals surface area contributed by atoms with Crippen LogP contribution in [0.1, 0.15) is 24.6 Å². The highest BCUT2D eigenvalue weighted by Gasteiger charge is 2.18. The Morgan fingerprint density at radius 3 is 3.18 bits per heavy atom. The van der Waals surface area contributed by atoms with Crippen molar-refractivity contribution in [3.05, 3.63) is 23.0 Å². The molecule has 0 amide bonds. The summed E-state index contributed by atoms with van der Waals surface area (Å²) in [5, 5.41) is 3.16. The summed E-state index contributed by atoms with van der Waals surface area (Å²) >= 11 is 1.68. The van der Waals surface area contributed by atoms with Gasteiger partial charge in [-0.2, -0.15) is 0 Å². The largest absolute Gasteiger partial charge is 0.354 e. The summed E-state index contributed by atoms with van der Waals surface area (Å²) in [7, 11) is 0. The smallest absolute Gasteiger partial charge is 0.223 e. The number of aromatic nitrogens is 3. The molecule has 0 radical (unpaired) electrons. The molecule has 0 bridgehead atoms. The second kappa shape index (κ2) is 4.41. The number of rotatable bonds is 2. The molecule has 3 rings (SSSR count). The van der Waals surface area contributed by atoms with Crippen molar-refractivity contribution in [2.45, 2.75) is 26.2 Å². The Labute approximate surface area is 104 Å². The van der Waals surface area contributed by atoms with Gasteiger partial charge >= 0.3 is 0 Å². The molecule has 0 saturated heterocycles. The number of nitrogens with one attached hydrogen (secondary N) is 1. The van der Waals surface area contributed by atoms with Crippen molar-refractivity contribution >= 4 is 17.3 Å². The topological polar surface area (TPSA) is 50.7 Å². The molecule has 0 aliphatic heterocycles. The highest BCUT2D eigenvalue weighted by Crippen LogP contribution is 2.33. The molecular weight excluding hydrogens is 232 g/mol. The van der Waals surface area contributed by atoms with Crippen molar-refractivity contribution in [2.75, 3.05) is 11.9 Å². The molecule has 0 aromatic carbocycles. The molecule has 2 aromatic rings. The minimum absolute atomic E-state index is 0.715. The zero-order chi connectivity index (χ0) is 11.7. The molecule has 0 atom stereocenters. The number of fused-ring (bicyclic) bond motifs is 3. The second-order valence-corrected chi connectivity index (χ2v) is 4.93. The zero-order valence-electron chi connectivity index (χ0n) is 9.73. The van der Waals surface area contributed by atoms with Crippen LogP contribution in [0.2, 0.25) is 0 Å². The van der Waals surface area contributed by atoms with Crippen molar-refractivity contribution in [3.8, 4) is 10.6 Å². The van der Waals surface area contributed by atoms with Gasteiger partial charge in [0.15, 0.2) is 0 Å². The second-order valence-electron chi connectivity index (χ2n) is 4.08. The Morgan fingerprint density at radius 1 is 1.35 bits per heavy atom. The van der Waals surface area contributed by atoms with Crippen molar-refractivity contribution in [3.63, 3.8) is 0 Å². The Bertz CT molecular complexity index is 535. The first kappa shape index (κ1) is 10.7. The third-order valence-corrected chi connectivity index (χ3v) is 3.79. The van der Waals surface area contributed by atoms with Crippen molar-refractivity contribution in [1.29, 1.82) is 0 Å². The molecule has 1 aliphatic rings. The highest BCUT2D eigenvalue weighted by molar-refractivity contribution is 7.13. The predicted octanol–water partition coefficient (Wildman–Crippen LogP) is 2.52. The van der Waals surface area contributed by atoms with Gasteiger partial charge < -0.3 is 5.32 Å². The fraction of sp³-hybridized carbons (Fsp3) is 0.417. The molecule has 17 heavy (non-hydrogen) atoms. The Morgan fingerprint density at radius 2 is 2.29 bits per heavy atom. The van der Waals surface area contributed by atoms with Gasteiger partial charge in [0.1, 0.15) is 0 Å². The molecule has 1 aliphatic carbocycles. The fourth-order valence-corrected chi connectivity index (χ4v) is 2.98. The molecule has 1 N–H and O–H groups in total. The van der Waals surface area contributed by atoms with E-state index in [1.54, 1.807) is 11.3 Å². The SMILES string of the molecule is CCNc1ncc2c(n1)-c1scnc1CCC2. The number of aryl methyl sites for hydroxylation is 2. The molecule has 2 heterocycles. The molecule has 0 spiro atoms. The molecule has 5 heteroatoms. The molecule has 0 fully saturated rings. The van der Waals surface area contributed by atoms with Gasteiger partial charge in [0, 0.05) is 12.7 Å². The lowest BCUT2D eigenvalue weighted by molar-refractivity contribution is 0.813. The van der Waals surface area contributed by atoms with Crippen LogP contribution in [0.25, 0.3) is 10.6 Å². The van der Waals surface area contributed by atoms with Gasteiger partial charge in [0.25, 0.3) is 0 Å². The first-order chi connectivity index (χ1) is 8.38. The average molecular weight is 246 g/mol. The van der Waals surface area contributed by atoms with Gasteiger partial charge in [-0.15, -0.1) is 11.3 Å². The fourth-order valence-electron chi connectivity index (χ4n) is 2.12. The van der Waals surface area contributed by atoms with Crippen LogP contribution in [0.15, 0.2) is 11.7 Å². The first-order valence-electron chi connectivity index (χ1n) is 5.91. The van der Waals surface area contributed by atoms with E-state index in [1.807, 2.05) is 18.6 Å². The molecule has 88 valence electrons. The van der Waals surface area contributed by atoms with Crippen molar-refractivity contribution < 1.29 is 0 Å². The molecule has 2 aromatic heterocycles. The number of nitrogens with zero attached hydrogens (tertiary/aromatic N) is 3. The van der Waals surface area contributed by atoms with Crippen LogP contribution in [0.5, 0.6) is 0 Å². The Kier molecular flexibility index (Phi) is 2.76. The van der Waals surface area contributed by atoms with Crippen LogP contribution < -0.4 is 5.32 Å².